The normalized spacial score (nSPS) is 12.6. The van der Waals surface area contributed by atoms with Crippen molar-refractivity contribution >= 4 is 8.32 Å². The van der Waals surface area contributed by atoms with Crippen LogP contribution >= 0.6 is 0 Å². The molecule has 0 unspecified atom stereocenters. The molecule has 17 heavy (non-hydrogen) atoms. The summed E-state index contributed by atoms with van der Waals surface area (Å²) in [6.07, 6.45) is 0. The van der Waals surface area contributed by atoms with E-state index in [-0.39, 0.29) is 17.4 Å². The molecule has 4 heteroatoms. The first-order chi connectivity index (χ1) is 7.65. The zero-order chi connectivity index (χ0) is 13.3. The van der Waals surface area contributed by atoms with Gasteiger partial charge in [-0.2, -0.15) is 0 Å². The third-order valence-corrected chi connectivity index (χ3v) is 7.67. The van der Waals surface area contributed by atoms with Crippen LogP contribution in [0.3, 0.4) is 0 Å². The highest BCUT2D eigenvalue weighted by Crippen LogP contribution is 2.38. The van der Waals surface area contributed by atoms with Crippen molar-refractivity contribution in [2.24, 2.45) is 0 Å². The van der Waals surface area contributed by atoms with Gasteiger partial charge in [0.1, 0.15) is 11.5 Å². The molecule has 0 spiro atoms. The number of phenolic OH excluding ortho intramolecular Hbond substituents is 1. The maximum absolute atomic E-state index is 9.55. The fourth-order valence-corrected chi connectivity index (χ4v) is 2.25. The van der Waals surface area contributed by atoms with Gasteiger partial charge in [-0.3, -0.25) is 0 Å². The molecule has 0 atom stereocenters. The highest BCUT2D eigenvalue weighted by atomic mass is 28.4. The van der Waals surface area contributed by atoms with Crippen molar-refractivity contribution in [1.82, 2.24) is 0 Å². The Kier molecular flexibility index (Phi) is 3.89. The van der Waals surface area contributed by atoms with E-state index in [4.69, 9.17) is 9.53 Å². The second-order valence-electron chi connectivity index (χ2n) is 5.86. The van der Waals surface area contributed by atoms with E-state index in [2.05, 4.69) is 33.9 Å². The Morgan fingerprint density at radius 2 is 1.76 bits per heavy atom. The molecular formula is C13H22O3Si. The lowest BCUT2D eigenvalue weighted by Crippen LogP contribution is -2.43. The van der Waals surface area contributed by atoms with Crippen LogP contribution in [0.1, 0.15) is 26.3 Å². The molecule has 0 fully saturated rings. The van der Waals surface area contributed by atoms with Gasteiger partial charge in [-0.05, 0) is 35.8 Å². The first-order valence-electron chi connectivity index (χ1n) is 5.78. The minimum absolute atomic E-state index is 0.0950. The molecule has 1 rings (SSSR count). The van der Waals surface area contributed by atoms with Crippen LogP contribution in [-0.4, -0.2) is 18.5 Å². The number of hydrogen-bond acceptors (Lipinski definition) is 3. The molecule has 0 aliphatic heterocycles. The highest BCUT2D eigenvalue weighted by molar-refractivity contribution is 6.74. The van der Waals surface area contributed by atoms with E-state index in [0.717, 1.165) is 0 Å². The fourth-order valence-electron chi connectivity index (χ4n) is 1.24. The molecule has 0 saturated carbocycles. The summed E-state index contributed by atoms with van der Waals surface area (Å²) in [5, 5.41) is 18.7. The molecule has 0 heterocycles. The SMILES string of the molecule is CC(C)(C)[Si](C)(C)Oc1cc(O)cc(CO)c1. The van der Waals surface area contributed by atoms with E-state index in [1.165, 1.54) is 0 Å². The molecule has 0 aliphatic carbocycles. The number of phenols is 1. The molecule has 0 bridgehead atoms. The highest BCUT2D eigenvalue weighted by Gasteiger charge is 2.39. The van der Waals surface area contributed by atoms with Crippen LogP contribution in [0.5, 0.6) is 11.5 Å². The predicted molar refractivity (Wildman–Crippen MR) is 71.9 cm³/mol. The summed E-state index contributed by atoms with van der Waals surface area (Å²) < 4.78 is 6.06. The summed E-state index contributed by atoms with van der Waals surface area (Å²) in [6, 6.07) is 4.92. The third-order valence-electron chi connectivity index (χ3n) is 3.31. The van der Waals surface area contributed by atoms with Crippen molar-refractivity contribution in [2.75, 3.05) is 0 Å². The summed E-state index contributed by atoms with van der Waals surface area (Å²) in [6.45, 7) is 10.7. The molecule has 1 aromatic rings. The first-order valence-corrected chi connectivity index (χ1v) is 8.69. The summed E-state index contributed by atoms with van der Waals surface area (Å²) in [4.78, 5) is 0. The summed E-state index contributed by atoms with van der Waals surface area (Å²) >= 11 is 0. The van der Waals surface area contributed by atoms with Gasteiger partial charge in [-0.25, -0.2) is 0 Å². The Hall–Kier alpha value is -1.00. The predicted octanol–water partition coefficient (Wildman–Crippen LogP) is 3.27. The molecule has 0 aromatic heterocycles. The van der Waals surface area contributed by atoms with Gasteiger partial charge < -0.3 is 14.6 Å². The summed E-state index contributed by atoms with van der Waals surface area (Å²) in [5.41, 5.74) is 0.665. The molecule has 2 N–H and O–H groups in total. The molecule has 0 saturated heterocycles. The van der Waals surface area contributed by atoms with Gasteiger partial charge in [0.25, 0.3) is 0 Å². The minimum atomic E-state index is -1.90. The fraction of sp³-hybridized carbons (Fsp3) is 0.538. The first kappa shape index (κ1) is 14.1. The Labute approximate surface area is 104 Å². The lowest BCUT2D eigenvalue weighted by molar-refractivity contribution is 0.280. The van der Waals surface area contributed by atoms with Crippen molar-refractivity contribution in [3.63, 3.8) is 0 Å². The number of hydrogen-bond donors (Lipinski definition) is 2. The van der Waals surface area contributed by atoms with Gasteiger partial charge in [-0.15, -0.1) is 0 Å². The maximum Gasteiger partial charge on any atom is 0.250 e. The largest absolute Gasteiger partial charge is 0.543 e. The molecular weight excluding hydrogens is 232 g/mol. The zero-order valence-corrected chi connectivity index (χ0v) is 12.2. The Bertz CT molecular complexity index is 394. The number of rotatable bonds is 3. The lowest BCUT2D eigenvalue weighted by atomic mass is 10.2. The van der Waals surface area contributed by atoms with Crippen molar-refractivity contribution in [3.05, 3.63) is 23.8 Å². The standard InChI is InChI=1S/C13H22O3Si/c1-13(2,3)17(4,5)16-12-7-10(9-14)6-11(15)8-12/h6-8,14-15H,9H2,1-5H3. The van der Waals surface area contributed by atoms with E-state index in [0.29, 0.717) is 11.3 Å². The Morgan fingerprint density at radius 3 is 2.24 bits per heavy atom. The van der Waals surface area contributed by atoms with E-state index in [1.54, 1.807) is 18.2 Å². The topological polar surface area (TPSA) is 49.7 Å². The van der Waals surface area contributed by atoms with E-state index < -0.39 is 8.32 Å². The second-order valence-corrected chi connectivity index (χ2v) is 10.6. The number of aliphatic hydroxyl groups excluding tert-OH is 1. The van der Waals surface area contributed by atoms with Crippen LogP contribution in [0.15, 0.2) is 18.2 Å². The van der Waals surface area contributed by atoms with Crippen molar-refractivity contribution in [3.8, 4) is 11.5 Å². The van der Waals surface area contributed by atoms with E-state index >= 15 is 0 Å². The number of benzene rings is 1. The monoisotopic (exact) mass is 254 g/mol. The molecule has 3 nitrogen and oxygen atoms in total. The second kappa shape index (κ2) is 4.70. The van der Waals surface area contributed by atoms with E-state index in [1.807, 2.05) is 0 Å². The van der Waals surface area contributed by atoms with Gasteiger partial charge in [0.05, 0.1) is 6.61 Å². The molecule has 0 radical (unpaired) electrons. The lowest BCUT2D eigenvalue weighted by Gasteiger charge is -2.36. The molecule has 0 amide bonds. The number of aliphatic hydroxyl groups is 1. The smallest absolute Gasteiger partial charge is 0.250 e. The van der Waals surface area contributed by atoms with Gasteiger partial charge in [0.2, 0.25) is 8.32 Å². The van der Waals surface area contributed by atoms with Gasteiger partial charge >= 0.3 is 0 Å². The summed E-state index contributed by atoms with van der Waals surface area (Å²) in [7, 11) is -1.90. The summed E-state index contributed by atoms with van der Waals surface area (Å²) in [5.74, 6) is 0.769. The maximum atomic E-state index is 9.55. The molecule has 0 aliphatic rings. The zero-order valence-electron chi connectivity index (χ0n) is 11.2. The third kappa shape index (κ3) is 3.48. The van der Waals surface area contributed by atoms with Gasteiger partial charge in [-0.1, -0.05) is 20.8 Å². The number of aromatic hydroxyl groups is 1. The van der Waals surface area contributed by atoms with Crippen LogP contribution in [0, 0.1) is 0 Å². The average Bonchev–Trinajstić information content (AvgIpc) is 2.14. The van der Waals surface area contributed by atoms with Crippen LogP contribution in [0.2, 0.25) is 18.1 Å². The van der Waals surface area contributed by atoms with Crippen LogP contribution in [-0.2, 0) is 6.61 Å². The molecule has 96 valence electrons. The quantitative estimate of drug-likeness (QED) is 0.814. The van der Waals surface area contributed by atoms with Crippen LogP contribution in [0.25, 0.3) is 0 Å². The van der Waals surface area contributed by atoms with Crippen molar-refractivity contribution < 1.29 is 14.6 Å². The van der Waals surface area contributed by atoms with Crippen LogP contribution < -0.4 is 4.43 Å². The molecule has 1 aromatic carbocycles. The van der Waals surface area contributed by atoms with Gasteiger partial charge in [0.15, 0.2) is 0 Å². The average molecular weight is 254 g/mol. The van der Waals surface area contributed by atoms with Crippen molar-refractivity contribution in [2.45, 2.75) is 45.5 Å². The van der Waals surface area contributed by atoms with Crippen LogP contribution in [0.4, 0.5) is 0 Å². The van der Waals surface area contributed by atoms with Gasteiger partial charge in [0, 0.05) is 6.07 Å². The Balaban J connectivity index is 2.99. The minimum Gasteiger partial charge on any atom is -0.543 e. The van der Waals surface area contributed by atoms with Crippen molar-refractivity contribution in [1.29, 1.82) is 0 Å². The van der Waals surface area contributed by atoms with E-state index in [9.17, 15) is 5.11 Å². The Morgan fingerprint density at radius 1 is 1.18 bits per heavy atom.